The molecular weight excluding hydrogens is 280 g/mol. The van der Waals surface area contributed by atoms with E-state index < -0.39 is 6.10 Å². The summed E-state index contributed by atoms with van der Waals surface area (Å²) in [6.45, 7) is 12.6. The molecule has 0 aliphatic heterocycles. The summed E-state index contributed by atoms with van der Waals surface area (Å²) in [4.78, 5) is 16.7. The lowest BCUT2D eigenvalue weighted by atomic mass is 9.82. The van der Waals surface area contributed by atoms with Gasteiger partial charge >= 0.3 is 0 Å². The Morgan fingerprint density at radius 1 is 0.955 bits per heavy atom. The molecule has 0 heterocycles. The average Bonchev–Trinajstić information content (AvgIpc) is 2.39. The van der Waals surface area contributed by atoms with Crippen LogP contribution in [-0.2, 0) is 9.59 Å². The van der Waals surface area contributed by atoms with Crippen LogP contribution in [0.1, 0.15) is 41.5 Å². The first-order valence-electron chi connectivity index (χ1n) is 6.66. The number of carbonyl (C=O) groups excluding carboxylic acids is 2. The standard InChI is InChI=1S/C15H22O.2CHNO/c1-9(2)12-7-8-13(16)15(11(5)6)14(12)10(3)4;2*2-1-3/h7-8,13,16H,1-6H3;2*2H. The lowest BCUT2D eigenvalue weighted by Crippen LogP contribution is -2.17. The molecule has 0 radical (unpaired) electrons. The van der Waals surface area contributed by atoms with Crippen molar-refractivity contribution in [1.82, 2.24) is 0 Å². The third kappa shape index (κ3) is 6.91. The highest BCUT2D eigenvalue weighted by atomic mass is 16.3. The average molecular weight is 304 g/mol. The molecule has 120 valence electrons. The SMILES string of the molecule is CC(C)=C1C=CC(O)C(=C(C)C)C1=C(C)C.N=C=O.N=C=O. The predicted octanol–water partition coefficient (Wildman–Crippen LogP) is 3.73. The maximum atomic E-state index is 10.1. The fourth-order valence-electron chi connectivity index (χ4n) is 2.16. The van der Waals surface area contributed by atoms with Gasteiger partial charge in [-0.3, -0.25) is 0 Å². The summed E-state index contributed by atoms with van der Waals surface area (Å²) in [5, 5.41) is 20.9. The summed E-state index contributed by atoms with van der Waals surface area (Å²) >= 11 is 0. The number of rotatable bonds is 0. The van der Waals surface area contributed by atoms with Crippen molar-refractivity contribution in [2.45, 2.75) is 47.6 Å². The van der Waals surface area contributed by atoms with Crippen molar-refractivity contribution >= 4 is 12.2 Å². The second-order valence-corrected chi connectivity index (χ2v) is 5.21. The molecule has 1 aliphatic rings. The van der Waals surface area contributed by atoms with E-state index in [-0.39, 0.29) is 0 Å². The minimum absolute atomic E-state index is 0.460. The van der Waals surface area contributed by atoms with Gasteiger partial charge in [-0.15, -0.1) is 0 Å². The van der Waals surface area contributed by atoms with Gasteiger partial charge in [0.25, 0.3) is 0 Å². The number of hydrogen-bond acceptors (Lipinski definition) is 5. The fraction of sp³-hybridized carbons (Fsp3) is 0.412. The number of isocyanates is 2. The van der Waals surface area contributed by atoms with Gasteiger partial charge in [-0.05, 0) is 58.3 Å². The first kappa shape index (κ1) is 22.0. The molecule has 0 aromatic heterocycles. The number of hydrogen-bond donors (Lipinski definition) is 3. The van der Waals surface area contributed by atoms with Gasteiger partial charge in [-0.2, -0.15) is 0 Å². The Bertz CT molecular complexity index is 557. The van der Waals surface area contributed by atoms with Crippen molar-refractivity contribution in [3.05, 3.63) is 45.6 Å². The van der Waals surface area contributed by atoms with Crippen molar-refractivity contribution in [2.75, 3.05) is 0 Å². The molecule has 0 fully saturated rings. The van der Waals surface area contributed by atoms with Crippen LogP contribution in [0.5, 0.6) is 0 Å². The van der Waals surface area contributed by atoms with E-state index in [4.69, 9.17) is 20.4 Å². The van der Waals surface area contributed by atoms with Gasteiger partial charge in [-0.25, -0.2) is 20.4 Å². The highest BCUT2D eigenvalue weighted by molar-refractivity contribution is 5.61. The van der Waals surface area contributed by atoms with E-state index in [0.29, 0.717) is 0 Å². The molecule has 1 unspecified atom stereocenters. The molecule has 1 rings (SSSR count). The summed E-state index contributed by atoms with van der Waals surface area (Å²) in [6, 6.07) is 0. The molecule has 0 saturated carbocycles. The van der Waals surface area contributed by atoms with Crippen molar-refractivity contribution < 1.29 is 14.7 Å². The van der Waals surface area contributed by atoms with Gasteiger partial charge in [0.1, 0.15) is 0 Å². The van der Waals surface area contributed by atoms with Crippen LogP contribution in [0.15, 0.2) is 45.6 Å². The van der Waals surface area contributed by atoms with Crippen LogP contribution in [0, 0.1) is 10.8 Å². The Hall–Kier alpha value is -2.32. The molecule has 22 heavy (non-hydrogen) atoms. The number of allylic oxidation sites excluding steroid dienone is 5. The molecule has 0 amide bonds. The van der Waals surface area contributed by atoms with Crippen molar-refractivity contribution in [3.8, 4) is 0 Å². The van der Waals surface area contributed by atoms with E-state index in [1.165, 1.54) is 27.9 Å². The molecule has 1 atom stereocenters. The maximum Gasteiger partial charge on any atom is 0.231 e. The Morgan fingerprint density at radius 2 is 1.36 bits per heavy atom. The zero-order chi connectivity index (χ0) is 17.9. The topological polar surface area (TPSA) is 102 Å². The summed E-state index contributed by atoms with van der Waals surface area (Å²) in [5.74, 6) is 0. The molecule has 0 aromatic carbocycles. The van der Waals surface area contributed by atoms with Crippen molar-refractivity contribution in [3.63, 3.8) is 0 Å². The van der Waals surface area contributed by atoms with Gasteiger partial charge < -0.3 is 5.11 Å². The molecule has 0 saturated heterocycles. The number of nitrogens with one attached hydrogen (secondary N) is 2. The molecule has 5 heteroatoms. The quantitative estimate of drug-likeness (QED) is 0.469. The van der Waals surface area contributed by atoms with E-state index in [2.05, 4.69) is 41.5 Å². The smallest absolute Gasteiger partial charge is 0.231 e. The van der Waals surface area contributed by atoms with Gasteiger partial charge in [0.05, 0.1) is 6.10 Å². The van der Waals surface area contributed by atoms with E-state index in [1.807, 2.05) is 12.2 Å². The maximum absolute atomic E-state index is 10.1. The summed E-state index contributed by atoms with van der Waals surface area (Å²) in [5.41, 5.74) is 7.27. The Kier molecular flexibility index (Phi) is 11.3. The van der Waals surface area contributed by atoms with Crippen molar-refractivity contribution in [2.24, 2.45) is 0 Å². The highest BCUT2D eigenvalue weighted by Gasteiger charge is 2.22. The molecule has 3 N–H and O–H groups in total. The summed E-state index contributed by atoms with van der Waals surface area (Å²) in [6.07, 6.45) is 4.95. The second kappa shape index (κ2) is 11.4. The molecule has 0 spiro atoms. The van der Waals surface area contributed by atoms with E-state index in [1.54, 1.807) is 0 Å². The molecule has 5 nitrogen and oxygen atoms in total. The lowest BCUT2D eigenvalue weighted by Gasteiger charge is -2.26. The predicted molar refractivity (Wildman–Crippen MR) is 87.1 cm³/mol. The van der Waals surface area contributed by atoms with Gasteiger partial charge in [0.15, 0.2) is 0 Å². The number of aliphatic hydroxyl groups excluding tert-OH is 1. The molecule has 1 aliphatic carbocycles. The van der Waals surface area contributed by atoms with E-state index >= 15 is 0 Å². The summed E-state index contributed by atoms with van der Waals surface area (Å²) in [7, 11) is 0. The third-order valence-corrected chi connectivity index (χ3v) is 2.86. The first-order valence-corrected chi connectivity index (χ1v) is 6.66. The van der Waals surface area contributed by atoms with Crippen LogP contribution in [0.25, 0.3) is 0 Å². The number of aliphatic hydroxyl groups is 1. The van der Waals surface area contributed by atoms with Crippen LogP contribution in [0.4, 0.5) is 0 Å². The Labute approximate surface area is 131 Å². The Balaban J connectivity index is 0. The van der Waals surface area contributed by atoms with Gasteiger partial charge in [0, 0.05) is 0 Å². The van der Waals surface area contributed by atoms with E-state index in [9.17, 15) is 5.11 Å². The fourth-order valence-corrected chi connectivity index (χ4v) is 2.16. The van der Waals surface area contributed by atoms with Gasteiger partial charge in [-0.1, -0.05) is 28.9 Å². The van der Waals surface area contributed by atoms with Crippen LogP contribution in [0.2, 0.25) is 0 Å². The molecular formula is C17H24N2O3. The largest absolute Gasteiger partial charge is 0.384 e. The highest BCUT2D eigenvalue weighted by Crippen LogP contribution is 2.35. The van der Waals surface area contributed by atoms with Crippen LogP contribution < -0.4 is 0 Å². The molecule has 0 aromatic rings. The third-order valence-electron chi connectivity index (χ3n) is 2.86. The minimum atomic E-state index is -0.460. The lowest BCUT2D eigenvalue weighted by molar-refractivity contribution is 0.258. The van der Waals surface area contributed by atoms with Crippen LogP contribution in [0.3, 0.4) is 0 Å². The van der Waals surface area contributed by atoms with Gasteiger partial charge in [0.2, 0.25) is 12.2 Å². The zero-order valence-electron chi connectivity index (χ0n) is 14.0. The second-order valence-electron chi connectivity index (χ2n) is 5.21. The minimum Gasteiger partial charge on any atom is -0.384 e. The first-order chi connectivity index (χ1) is 10.2. The van der Waals surface area contributed by atoms with Crippen LogP contribution in [-0.4, -0.2) is 23.4 Å². The molecule has 0 bridgehead atoms. The van der Waals surface area contributed by atoms with E-state index in [0.717, 1.165) is 17.7 Å². The zero-order valence-corrected chi connectivity index (χ0v) is 14.0. The van der Waals surface area contributed by atoms with Crippen molar-refractivity contribution in [1.29, 1.82) is 10.8 Å². The van der Waals surface area contributed by atoms with Crippen LogP contribution >= 0.6 is 0 Å². The monoisotopic (exact) mass is 304 g/mol. The Morgan fingerprint density at radius 3 is 1.64 bits per heavy atom. The normalized spacial score (nSPS) is 15.4. The summed E-state index contributed by atoms with van der Waals surface area (Å²) < 4.78 is 0.